The molecule has 1 heterocycles. The lowest BCUT2D eigenvalue weighted by Crippen LogP contribution is -2.35. The molecule has 0 amide bonds. The van der Waals surface area contributed by atoms with E-state index in [1.54, 1.807) is 0 Å². The molecular weight excluding hydrogens is 224 g/mol. The Bertz CT molecular complexity index is 376. The molecule has 0 aliphatic carbocycles. The second-order valence-corrected chi connectivity index (χ2v) is 3.81. The van der Waals surface area contributed by atoms with Gasteiger partial charge in [-0.3, -0.25) is 10.1 Å². The van der Waals surface area contributed by atoms with Gasteiger partial charge in [-0.15, -0.1) is 0 Å². The van der Waals surface area contributed by atoms with E-state index < -0.39 is 10.5 Å². The van der Waals surface area contributed by atoms with Gasteiger partial charge in [0.2, 0.25) is 5.95 Å². The van der Waals surface area contributed by atoms with E-state index in [4.69, 9.17) is 0 Å². The minimum Gasteiger partial charge on any atom is -0.388 e. The molecule has 0 aromatic carbocycles. The molecule has 17 heavy (non-hydrogen) atoms. The number of nitro groups is 1. The minimum absolute atomic E-state index is 0.156. The molecule has 7 heteroatoms. The molecule has 0 radical (unpaired) electrons. The molecule has 1 aromatic rings. The normalized spacial score (nSPS) is 11.2. The molecule has 1 aromatic heterocycles. The lowest BCUT2D eigenvalue weighted by molar-refractivity contribution is -0.385. The van der Waals surface area contributed by atoms with Crippen LogP contribution in [0, 0.1) is 10.1 Å². The van der Waals surface area contributed by atoms with Gasteiger partial charge in [0.05, 0.1) is 10.5 Å². The van der Waals surface area contributed by atoms with E-state index in [-0.39, 0.29) is 11.6 Å². The highest BCUT2D eigenvalue weighted by Gasteiger charge is 2.22. The summed E-state index contributed by atoms with van der Waals surface area (Å²) in [4.78, 5) is 17.4. The predicted molar refractivity (Wildman–Crippen MR) is 62.7 cm³/mol. The van der Waals surface area contributed by atoms with E-state index in [0.29, 0.717) is 19.4 Å². The smallest absolute Gasteiger partial charge is 0.305 e. The van der Waals surface area contributed by atoms with Gasteiger partial charge in [0.15, 0.2) is 0 Å². The van der Waals surface area contributed by atoms with Crippen molar-refractivity contribution in [3.63, 3.8) is 0 Å². The van der Waals surface area contributed by atoms with Gasteiger partial charge in [-0.05, 0) is 12.8 Å². The molecule has 0 aliphatic heterocycles. The van der Waals surface area contributed by atoms with Crippen LogP contribution in [0.5, 0.6) is 0 Å². The summed E-state index contributed by atoms with van der Waals surface area (Å²) in [7, 11) is 0. The van der Waals surface area contributed by atoms with Gasteiger partial charge in [0, 0.05) is 6.54 Å². The zero-order valence-electron chi connectivity index (χ0n) is 9.88. The summed E-state index contributed by atoms with van der Waals surface area (Å²) in [5.41, 5.74) is -0.956. The molecule has 2 N–H and O–H groups in total. The summed E-state index contributed by atoms with van der Waals surface area (Å²) in [6, 6.07) is 0. The fourth-order valence-electron chi connectivity index (χ4n) is 1.25. The number of nitrogens with zero attached hydrogens (tertiary/aromatic N) is 3. The third-order valence-electron chi connectivity index (χ3n) is 2.74. The highest BCUT2D eigenvalue weighted by atomic mass is 16.6. The SMILES string of the molecule is CCC(O)(CC)CNc1ncc([N+](=O)[O-])cn1. The number of nitrogens with one attached hydrogen (secondary N) is 1. The van der Waals surface area contributed by atoms with Gasteiger partial charge in [-0.1, -0.05) is 13.8 Å². The Hall–Kier alpha value is -1.76. The number of rotatable bonds is 6. The monoisotopic (exact) mass is 240 g/mol. The van der Waals surface area contributed by atoms with Crippen molar-refractivity contribution >= 4 is 11.6 Å². The number of hydrogen-bond acceptors (Lipinski definition) is 6. The zero-order chi connectivity index (χ0) is 12.9. The summed E-state index contributed by atoms with van der Waals surface area (Å²) in [6.07, 6.45) is 3.49. The Morgan fingerprint density at radius 1 is 1.41 bits per heavy atom. The maximum absolute atomic E-state index is 10.4. The molecule has 1 rings (SSSR count). The van der Waals surface area contributed by atoms with E-state index in [0.717, 1.165) is 12.4 Å². The maximum atomic E-state index is 10.4. The van der Waals surface area contributed by atoms with Crippen molar-refractivity contribution in [3.8, 4) is 0 Å². The van der Waals surface area contributed by atoms with E-state index >= 15 is 0 Å². The first-order valence-corrected chi connectivity index (χ1v) is 5.43. The van der Waals surface area contributed by atoms with Crippen LogP contribution in [0.1, 0.15) is 26.7 Å². The second kappa shape index (κ2) is 5.53. The van der Waals surface area contributed by atoms with E-state index in [1.807, 2.05) is 13.8 Å². The van der Waals surface area contributed by atoms with Crippen molar-refractivity contribution in [2.45, 2.75) is 32.3 Å². The summed E-state index contributed by atoms with van der Waals surface area (Å²) in [5.74, 6) is 0.274. The van der Waals surface area contributed by atoms with Crippen molar-refractivity contribution in [2.24, 2.45) is 0 Å². The zero-order valence-corrected chi connectivity index (χ0v) is 9.88. The van der Waals surface area contributed by atoms with Crippen molar-refractivity contribution in [2.75, 3.05) is 11.9 Å². The van der Waals surface area contributed by atoms with Gasteiger partial charge < -0.3 is 10.4 Å². The van der Waals surface area contributed by atoms with E-state index in [9.17, 15) is 15.2 Å². The largest absolute Gasteiger partial charge is 0.388 e. The first-order valence-electron chi connectivity index (χ1n) is 5.43. The number of aromatic nitrogens is 2. The third-order valence-corrected chi connectivity index (χ3v) is 2.74. The van der Waals surface area contributed by atoms with Crippen LogP contribution in [-0.2, 0) is 0 Å². The van der Waals surface area contributed by atoms with Crippen LogP contribution < -0.4 is 5.32 Å². The quantitative estimate of drug-likeness (QED) is 0.575. The maximum Gasteiger partial charge on any atom is 0.305 e. The molecule has 0 aliphatic rings. The van der Waals surface area contributed by atoms with Crippen molar-refractivity contribution in [1.82, 2.24) is 9.97 Å². The van der Waals surface area contributed by atoms with Crippen LogP contribution in [0.2, 0.25) is 0 Å². The first kappa shape index (κ1) is 13.3. The Labute approximate surface area is 99.1 Å². The summed E-state index contributed by atoms with van der Waals surface area (Å²) < 4.78 is 0. The molecule has 7 nitrogen and oxygen atoms in total. The summed E-state index contributed by atoms with van der Waals surface area (Å²) in [6.45, 7) is 4.10. The first-order chi connectivity index (χ1) is 8.00. The Balaban J connectivity index is 2.61. The third kappa shape index (κ3) is 3.63. The van der Waals surface area contributed by atoms with Gasteiger partial charge in [-0.2, -0.15) is 0 Å². The number of anilines is 1. The molecule has 0 spiro atoms. The van der Waals surface area contributed by atoms with Crippen molar-refractivity contribution in [3.05, 3.63) is 22.5 Å². The van der Waals surface area contributed by atoms with Crippen LogP contribution >= 0.6 is 0 Å². The fourth-order valence-corrected chi connectivity index (χ4v) is 1.25. The molecule has 94 valence electrons. The Kier molecular flexibility index (Phi) is 4.33. The van der Waals surface area contributed by atoms with Crippen LogP contribution in [0.15, 0.2) is 12.4 Å². The lowest BCUT2D eigenvalue weighted by Gasteiger charge is -2.25. The molecule has 0 atom stereocenters. The Morgan fingerprint density at radius 2 is 1.94 bits per heavy atom. The van der Waals surface area contributed by atoms with E-state index in [2.05, 4.69) is 15.3 Å². The van der Waals surface area contributed by atoms with Gasteiger partial charge in [0.1, 0.15) is 12.4 Å². The lowest BCUT2D eigenvalue weighted by atomic mass is 9.98. The van der Waals surface area contributed by atoms with Crippen LogP contribution in [0.3, 0.4) is 0 Å². The summed E-state index contributed by atoms with van der Waals surface area (Å²) in [5, 5.41) is 23.3. The fraction of sp³-hybridized carbons (Fsp3) is 0.600. The van der Waals surface area contributed by atoms with E-state index in [1.165, 1.54) is 0 Å². The van der Waals surface area contributed by atoms with Crippen molar-refractivity contribution < 1.29 is 10.0 Å². The topological polar surface area (TPSA) is 101 Å². The second-order valence-electron chi connectivity index (χ2n) is 3.81. The minimum atomic E-state index is -0.800. The summed E-state index contributed by atoms with van der Waals surface area (Å²) >= 11 is 0. The Morgan fingerprint density at radius 3 is 2.35 bits per heavy atom. The predicted octanol–water partition coefficient (Wildman–Crippen LogP) is 1.35. The average Bonchev–Trinajstić information content (AvgIpc) is 2.36. The highest BCUT2D eigenvalue weighted by Crippen LogP contribution is 2.15. The number of hydrogen-bond donors (Lipinski definition) is 2. The highest BCUT2D eigenvalue weighted by molar-refractivity contribution is 5.30. The molecule has 0 saturated heterocycles. The molecule has 0 unspecified atom stereocenters. The van der Waals surface area contributed by atoms with Crippen molar-refractivity contribution in [1.29, 1.82) is 0 Å². The van der Waals surface area contributed by atoms with Crippen LogP contribution in [0.4, 0.5) is 11.6 Å². The molecular formula is C10H16N4O3. The van der Waals surface area contributed by atoms with Gasteiger partial charge in [-0.25, -0.2) is 9.97 Å². The van der Waals surface area contributed by atoms with Gasteiger partial charge >= 0.3 is 5.69 Å². The molecule has 0 saturated carbocycles. The number of aliphatic hydroxyl groups is 1. The van der Waals surface area contributed by atoms with Crippen LogP contribution in [0.25, 0.3) is 0 Å². The van der Waals surface area contributed by atoms with Gasteiger partial charge in [0.25, 0.3) is 0 Å². The average molecular weight is 240 g/mol. The molecule has 0 fully saturated rings. The van der Waals surface area contributed by atoms with Crippen LogP contribution in [-0.4, -0.2) is 32.1 Å². The molecule has 0 bridgehead atoms. The standard InChI is InChI=1S/C10H16N4O3/c1-3-10(15,4-2)7-13-9-11-5-8(6-12-9)14(16)17/h5-6,15H,3-4,7H2,1-2H3,(H,11,12,13).